The van der Waals surface area contributed by atoms with Crippen molar-refractivity contribution < 1.29 is 14.7 Å². The Morgan fingerprint density at radius 1 is 1.15 bits per heavy atom. The number of carbonyl (C=O) groups is 2. The van der Waals surface area contributed by atoms with Crippen LogP contribution in [0.25, 0.3) is 6.08 Å². The van der Waals surface area contributed by atoms with E-state index in [1.165, 1.54) is 18.2 Å². The lowest BCUT2D eigenvalue weighted by Gasteiger charge is -2.16. The first-order chi connectivity index (χ1) is 12.4. The minimum absolute atomic E-state index is 0.0275. The first kappa shape index (κ1) is 18.7. The van der Waals surface area contributed by atoms with E-state index in [1.54, 1.807) is 30.3 Å². The lowest BCUT2D eigenvalue weighted by Crippen LogP contribution is -2.44. The molecule has 2 N–H and O–H groups in total. The summed E-state index contributed by atoms with van der Waals surface area (Å²) in [6.07, 6.45) is 1.52. The average Bonchev–Trinajstić information content (AvgIpc) is 2.86. The van der Waals surface area contributed by atoms with Gasteiger partial charge in [-0.15, -0.1) is 0 Å². The maximum absolute atomic E-state index is 12.6. The summed E-state index contributed by atoms with van der Waals surface area (Å²) >= 11 is 18.4. The highest BCUT2D eigenvalue weighted by Crippen LogP contribution is 2.35. The molecule has 0 bridgehead atoms. The third kappa shape index (κ3) is 3.71. The number of thiocarbonyl (C=S) groups is 1. The maximum atomic E-state index is 12.6. The van der Waals surface area contributed by atoms with Gasteiger partial charge in [0.25, 0.3) is 11.8 Å². The number of nitrogens with zero attached hydrogens (tertiary/aromatic N) is 1. The molecule has 1 aliphatic heterocycles. The molecule has 2 aromatic rings. The quantitative estimate of drug-likeness (QED) is 0.569. The number of rotatable bonds is 3. The van der Waals surface area contributed by atoms with E-state index in [0.717, 1.165) is 16.8 Å². The van der Waals surface area contributed by atoms with Crippen LogP contribution in [0.5, 0.6) is 5.75 Å². The molecule has 26 heavy (non-hydrogen) atoms. The Bertz CT molecular complexity index is 943. The summed E-state index contributed by atoms with van der Waals surface area (Å²) in [6.45, 7) is 0. The number of hydrazine groups is 1. The van der Waals surface area contributed by atoms with Gasteiger partial charge in [-0.2, -0.15) is 5.01 Å². The van der Waals surface area contributed by atoms with Gasteiger partial charge in [-0.05, 0) is 42.6 Å². The summed E-state index contributed by atoms with van der Waals surface area (Å²) in [5, 5.41) is 11.5. The van der Waals surface area contributed by atoms with Gasteiger partial charge >= 0.3 is 0 Å². The summed E-state index contributed by atoms with van der Waals surface area (Å²) < 4.78 is 0.146. The Balaban J connectivity index is 1.85. The first-order valence-electron chi connectivity index (χ1n) is 7.19. The number of carbonyl (C=O) groups excluding carboxylic acids is 2. The molecule has 5 nitrogen and oxygen atoms in total. The van der Waals surface area contributed by atoms with Crippen LogP contribution in [0.15, 0.2) is 47.4 Å². The zero-order chi connectivity index (χ0) is 18.8. The molecule has 1 heterocycles. The number of hydrogen-bond acceptors (Lipinski definition) is 5. The van der Waals surface area contributed by atoms with Gasteiger partial charge in [0, 0.05) is 15.6 Å². The minimum Gasteiger partial charge on any atom is -0.507 e. The second-order valence-electron chi connectivity index (χ2n) is 5.11. The normalized spacial score (nSPS) is 15.6. The highest BCUT2D eigenvalue weighted by Gasteiger charge is 2.34. The molecule has 1 fully saturated rings. The van der Waals surface area contributed by atoms with Crippen LogP contribution in [-0.4, -0.2) is 26.3 Å². The average molecular weight is 425 g/mol. The monoisotopic (exact) mass is 424 g/mol. The molecule has 132 valence electrons. The van der Waals surface area contributed by atoms with Crippen LogP contribution in [0.4, 0.5) is 0 Å². The molecule has 2 amide bonds. The highest BCUT2D eigenvalue weighted by atomic mass is 35.5. The summed E-state index contributed by atoms with van der Waals surface area (Å²) in [5.74, 6) is -1.37. The highest BCUT2D eigenvalue weighted by molar-refractivity contribution is 8.26. The lowest BCUT2D eigenvalue weighted by atomic mass is 10.2. The van der Waals surface area contributed by atoms with Gasteiger partial charge in [0.05, 0.1) is 10.5 Å². The van der Waals surface area contributed by atoms with Gasteiger partial charge in [-0.1, -0.05) is 53.2 Å². The van der Waals surface area contributed by atoms with E-state index < -0.39 is 11.8 Å². The first-order valence-corrected chi connectivity index (χ1v) is 9.17. The fraction of sp³-hybridized carbons (Fsp3) is 0. The molecule has 9 heteroatoms. The Hall–Kier alpha value is -2.06. The zero-order valence-corrected chi connectivity index (χ0v) is 16.0. The van der Waals surface area contributed by atoms with Gasteiger partial charge in [-0.3, -0.25) is 15.0 Å². The number of thioether (sulfide) groups is 1. The summed E-state index contributed by atoms with van der Waals surface area (Å²) in [7, 11) is 0. The Morgan fingerprint density at radius 3 is 2.46 bits per heavy atom. The Kier molecular flexibility index (Phi) is 5.52. The SMILES string of the molecule is O=C(NN1C(=O)C(=Cc2c(Cl)cccc2Cl)SC1=S)c1ccccc1O. The van der Waals surface area contributed by atoms with Crippen molar-refractivity contribution in [1.29, 1.82) is 0 Å². The number of para-hydroxylation sites is 1. The van der Waals surface area contributed by atoms with Crippen molar-refractivity contribution >= 4 is 69.4 Å². The number of hydrogen-bond donors (Lipinski definition) is 2. The predicted molar refractivity (Wildman–Crippen MR) is 107 cm³/mol. The second-order valence-corrected chi connectivity index (χ2v) is 7.60. The molecule has 2 aromatic carbocycles. The van der Waals surface area contributed by atoms with Gasteiger partial charge in [0.2, 0.25) is 0 Å². The minimum atomic E-state index is -0.656. The molecular formula is C17H10Cl2N2O3S2. The molecule has 1 saturated heterocycles. The van der Waals surface area contributed by atoms with Crippen molar-refractivity contribution in [3.05, 3.63) is 68.5 Å². The molecule has 0 spiro atoms. The second kappa shape index (κ2) is 7.67. The van der Waals surface area contributed by atoms with Gasteiger partial charge < -0.3 is 5.11 Å². The number of nitrogens with one attached hydrogen (secondary N) is 1. The summed E-state index contributed by atoms with van der Waals surface area (Å²) in [6, 6.07) is 11.0. The summed E-state index contributed by atoms with van der Waals surface area (Å²) in [4.78, 5) is 25.1. The van der Waals surface area contributed by atoms with E-state index >= 15 is 0 Å². The van der Waals surface area contributed by atoms with Crippen LogP contribution in [0.3, 0.4) is 0 Å². The fourth-order valence-corrected chi connectivity index (χ4v) is 3.84. The van der Waals surface area contributed by atoms with E-state index in [2.05, 4.69) is 5.43 Å². The molecule has 0 saturated carbocycles. The molecular weight excluding hydrogens is 415 g/mol. The molecule has 0 radical (unpaired) electrons. The van der Waals surface area contributed by atoms with Crippen LogP contribution in [0.1, 0.15) is 15.9 Å². The number of phenols is 1. The van der Waals surface area contributed by atoms with Crippen LogP contribution in [0.2, 0.25) is 10.0 Å². The third-order valence-corrected chi connectivity index (χ3v) is 5.39. The molecule has 0 unspecified atom stereocenters. The van der Waals surface area contributed by atoms with Crippen LogP contribution in [0, 0.1) is 0 Å². The number of benzene rings is 2. The van der Waals surface area contributed by atoms with Crippen molar-refractivity contribution in [1.82, 2.24) is 10.4 Å². The molecule has 1 aliphatic rings. The van der Waals surface area contributed by atoms with Crippen molar-refractivity contribution in [3.63, 3.8) is 0 Å². The number of phenolic OH excluding ortho intramolecular Hbond substituents is 1. The Labute approximate surface area is 168 Å². The summed E-state index contributed by atoms with van der Waals surface area (Å²) in [5.41, 5.74) is 2.91. The van der Waals surface area contributed by atoms with Crippen LogP contribution < -0.4 is 5.43 Å². The van der Waals surface area contributed by atoms with E-state index in [0.29, 0.717) is 15.6 Å². The molecule has 0 atom stereocenters. The molecule has 0 aromatic heterocycles. The fourth-order valence-electron chi connectivity index (χ4n) is 2.17. The third-order valence-electron chi connectivity index (χ3n) is 3.43. The topological polar surface area (TPSA) is 69.6 Å². The molecule has 0 aliphatic carbocycles. The van der Waals surface area contributed by atoms with Gasteiger partial charge in [-0.25, -0.2) is 0 Å². The van der Waals surface area contributed by atoms with Crippen molar-refractivity contribution in [2.24, 2.45) is 0 Å². The van der Waals surface area contributed by atoms with Crippen molar-refractivity contribution in [2.45, 2.75) is 0 Å². The van der Waals surface area contributed by atoms with E-state index in [4.69, 9.17) is 35.4 Å². The largest absolute Gasteiger partial charge is 0.507 e. The lowest BCUT2D eigenvalue weighted by molar-refractivity contribution is -0.123. The van der Waals surface area contributed by atoms with Gasteiger partial charge in [0.15, 0.2) is 4.32 Å². The van der Waals surface area contributed by atoms with Crippen LogP contribution >= 0.6 is 47.2 Å². The van der Waals surface area contributed by atoms with E-state index in [9.17, 15) is 14.7 Å². The zero-order valence-electron chi connectivity index (χ0n) is 12.9. The predicted octanol–water partition coefficient (Wildman–Crippen LogP) is 4.25. The smallest absolute Gasteiger partial charge is 0.285 e. The van der Waals surface area contributed by atoms with Crippen molar-refractivity contribution in [3.8, 4) is 5.75 Å². The van der Waals surface area contributed by atoms with E-state index in [-0.39, 0.29) is 20.5 Å². The van der Waals surface area contributed by atoms with E-state index in [1.807, 2.05) is 0 Å². The maximum Gasteiger partial charge on any atom is 0.285 e. The number of halogens is 2. The van der Waals surface area contributed by atoms with Gasteiger partial charge in [0.1, 0.15) is 5.75 Å². The van der Waals surface area contributed by atoms with Crippen LogP contribution in [-0.2, 0) is 4.79 Å². The number of aromatic hydroxyl groups is 1. The molecule has 3 rings (SSSR count). The number of amides is 2. The van der Waals surface area contributed by atoms with Crippen molar-refractivity contribution in [2.75, 3.05) is 0 Å². The Morgan fingerprint density at radius 2 is 1.81 bits per heavy atom. The standard InChI is InChI=1S/C17H10Cl2N2O3S2/c18-11-5-3-6-12(19)10(11)8-14-16(24)21(17(25)26-14)20-15(23)9-4-1-2-7-13(9)22/h1-8,22H,(H,20,23).